The molecule has 3 aromatic rings. The smallest absolute Gasteiger partial charge is 0.417 e. The Morgan fingerprint density at radius 1 is 0.797 bits per heavy atom. The number of hydrogen-bond donors (Lipinski definition) is 1. The van der Waals surface area contributed by atoms with Crippen LogP contribution < -0.4 is 0 Å². The summed E-state index contributed by atoms with van der Waals surface area (Å²) in [6, 6.07) is 27.1. The Hall–Kier alpha value is -5.13. The molecule has 2 amide bonds. The Balaban J connectivity index is 1.22. The van der Waals surface area contributed by atoms with Crippen molar-refractivity contribution in [2.45, 2.75) is 95.0 Å². The van der Waals surface area contributed by atoms with Gasteiger partial charge in [-0.2, -0.15) is 0 Å². The van der Waals surface area contributed by atoms with Crippen molar-refractivity contribution in [3.63, 3.8) is 0 Å². The molecular weight excluding hydrogens is 766 g/mol. The molecular formula is C44H51NO14. The summed E-state index contributed by atoms with van der Waals surface area (Å²) in [5, 5.41) is 10.3. The van der Waals surface area contributed by atoms with Crippen molar-refractivity contribution in [1.29, 1.82) is 0 Å². The summed E-state index contributed by atoms with van der Waals surface area (Å²) in [5.74, 6) is -3.22. The number of ether oxygens (including phenoxy) is 8. The number of carbonyl (C=O) groups excluding carboxylic acids is 5. The number of methoxy groups -OCH3 is 2. The van der Waals surface area contributed by atoms with Gasteiger partial charge in [0.25, 0.3) is 5.91 Å². The standard InChI is InChI=1S/C44H51NO14/c1-28-36(32-19-12-7-13-20-32)59-44(51)45(28)42(50)40(52-3)37(57-29(2)47)34(49)23-22-33(48)21-14-24-54-41-39(56-27-31-17-10-6-11-18-31)38(35(25-46)58-43(41)53-4)55-26-30-15-8-5-9-16-30/h5-13,15-20,22-23,28,35-41,43,46H,14,21,24-27H2,1-4H3/t28-,35+,36-,37+,38+,39-,40-,41-,43-/m0/s1. The first-order chi connectivity index (χ1) is 28.6. The van der Waals surface area contributed by atoms with Crippen LogP contribution in [0.15, 0.2) is 103 Å². The summed E-state index contributed by atoms with van der Waals surface area (Å²) >= 11 is 0. The number of carbonyl (C=O) groups is 5. The number of rotatable bonds is 21. The maximum absolute atomic E-state index is 13.7. The second-order valence-corrected chi connectivity index (χ2v) is 14.0. The van der Waals surface area contributed by atoms with Crippen molar-refractivity contribution in [1.82, 2.24) is 4.90 Å². The Kier molecular flexibility index (Phi) is 17.0. The van der Waals surface area contributed by atoms with E-state index < -0.39 is 84.6 Å². The molecule has 0 saturated carbocycles. The zero-order valence-electron chi connectivity index (χ0n) is 33.5. The van der Waals surface area contributed by atoms with Crippen LogP contribution in [0.4, 0.5) is 4.79 Å². The third kappa shape index (κ3) is 12.0. The molecule has 0 spiro atoms. The number of aliphatic hydroxyl groups excluding tert-OH is 1. The number of imide groups is 1. The zero-order chi connectivity index (χ0) is 42.3. The van der Waals surface area contributed by atoms with Gasteiger partial charge in [0.1, 0.15) is 30.5 Å². The lowest BCUT2D eigenvalue weighted by atomic mass is 9.98. The molecule has 0 unspecified atom stereocenters. The molecule has 15 heteroatoms. The highest BCUT2D eigenvalue weighted by atomic mass is 16.7. The van der Waals surface area contributed by atoms with Crippen LogP contribution in [0.25, 0.3) is 0 Å². The van der Waals surface area contributed by atoms with Gasteiger partial charge >= 0.3 is 12.1 Å². The van der Waals surface area contributed by atoms with Gasteiger partial charge in [-0.1, -0.05) is 91.0 Å². The molecule has 2 saturated heterocycles. The van der Waals surface area contributed by atoms with Gasteiger partial charge in [0, 0.05) is 34.2 Å². The minimum Gasteiger partial charge on any atom is -0.451 e. The van der Waals surface area contributed by atoms with Crippen LogP contribution in [-0.4, -0.2) is 116 Å². The normalized spacial score (nSPS) is 24.1. The number of ketones is 2. The van der Waals surface area contributed by atoms with Crippen molar-refractivity contribution < 1.29 is 67.0 Å². The molecule has 0 aliphatic carbocycles. The molecule has 2 fully saturated rings. The van der Waals surface area contributed by atoms with Crippen LogP contribution in [0.1, 0.15) is 49.5 Å². The number of allylic oxidation sites excluding steroid dienone is 1. The Morgan fingerprint density at radius 2 is 1.39 bits per heavy atom. The zero-order valence-corrected chi connectivity index (χ0v) is 33.5. The van der Waals surface area contributed by atoms with Crippen molar-refractivity contribution >= 4 is 29.5 Å². The molecule has 2 heterocycles. The Morgan fingerprint density at radius 3 is 1.95 bits per heavy atom. The van der Waals surface area contributed by atoms with E-state index in [4.69, 9.17) is 37.9 Å². The van der Waals surface area contributed by atoms with Crippen molar-refractivity contribution in [2.24, 2.45) is 0 Å². The summed E-state index contributed by atoms with van der Waals surface area (Å²) < 4.78 is 46.7. The molecule has 15 nitrogen and oxygen atoms in total. The van der Waals surface area contributed by atoms with Gasteiger partial charge in [-0.15, -0.1) is 0 Å². The predicted octanol–water partition coefficient (Wildman–Crippen LogP) is 4.44. The van der Waals surface area contributed by atoms with E-state index >= 15 is 0 Å². The number of hydrogen-bond acceptors (Lipinski definition) is 14. The molecule has 9 atom stereocenters. The van der Waals surface area contributed by atoms with E-state index in [1.807, 2.05) is 60.7 Å². The highest BCUT2D eigenvalue weighted by Gasteiger charge is 2.50. The van der Waals surface area contributed by atoms with E-state index in [9.17, 15) is 29.1 Å². The Labute approximate surface area is 343 Å². The molecule has 2 aliphatic heterocycles. The van der Waals surface area contributed by atoms with E-state index in [1.54, 1.807) is 37.3 Å². The fraction of sp³-hybridized carbons (Fsp3) is 0.432. The third-order valence-corrected chi connectivity index (χ3v) is 9.87. The highest BCUT2D eigenvalue weighted by Crippen LogP contribution is 2.34. The van der Waals surface area contributed by atoms with Gasteiger partial charge in [0.2, 0.25) is 0 Å². The molecule has 59 heavy (non-hydrogen) atoms. The first-order valence-corrected chi connectivity index (χ1v) is 19.3. The van der Waals surface area contributed by atoms with Crippen LogP contribution in [-0.2, 0) is 70.3 Å². The summed E-state index contributed by atoms with van der Waals surface area (Å²) in [6.45, 7) is 2.77. The monoisotopic (exact) mass is 817 g/mol. The van der Waals surface area contributed by atoms with E-state index in [2.05, 4.69) is 0 Å². The lowest BCUT2D eigenvalue weighted by Gasteiger charge is -2.45. The van der Waals surface area contributed by atoms with Gasteiger partial charge in [0.05, 0.1) is 25.9 Å². The van der Waals surface area contributed by atoms with E-state index in [-0.39, 0.29) is 39.3 Å². The molecule has 1 N–H and O–H groups in total. The SMILES string of the molecule is CO[C@H]1O[C@H](CO)[C@@H](OCc2ccccc2)[C@H](OCc2ccccc2)[C@@H]1OCCCC(=O)C=CC(=O)[C@@H](OC(C)=O)[C@H](OC)C(=O)N1C(=O)O[C@H](c2ccccc2)[C@@H]1C. The first-order valence-electron chi connectivity index (χ1n) is 19.3. The van der Waals surface area contributed by atoms with Gasteiger partial charge in [-0.05, 0) is 42.2 Å². The number of benzene rings is 3. The first kappa shape index (κ1) is 45.0. The van der Waals surface area contributed by atoms with E-state index in [0.29, 0.717) is 5.56 Å². The number of amides is 2. The van der Waals surface area contributed by atoms with Crippen LogP contribution in [0.5, 0.6) is 0 Å². The summed E-state index contributed by atoms with van der Waals surface area (Å²) in [6.07, 6.45) is -7.27. The summed E-state index contributed by atoms with van der Waals surface area (Å²) in [7, 11) is 2.58. The van der Waals surface area contributed by atoms with Crippen LogP contribution >= 0.6 is 0 Å². The molecule has 0 aromatic heterocycles. The average Bonchev–Trinajstić information content (AvgIpc) is 3.56. The minimum absolute atomic E-state index is 0.0478. The van der Waals surface area contributed by atoms with Gasteiger partial charge in [-0.25, -0.2) is 9.69 Å². The lowest BCUT2D eigenvalue weighted by Crippen LogP contribution is -2.61. The molecule has 5 rings (SSSR count). The second-order valence-electron chi connectivity index (χ2n) is 14.0. The van der Waals surface area contributed by atoms with Crippen molar-refractivity contribution in [3.05, 3.63) is 120 Å². The van der Waals surface area contributed by atoms with E-state index in [0.717, 1.165) is 42.2 Å². The number of cyclic esters (lactones) is 1. The highest BCUT2D eigenvalue weighted by molar-refractivity contribution is 6.05. The van der Waals surface area contributed by atoms with Crippen molar-refractivity contribution in [3.8, 4) is 0 Å². The van der Waals surface area contributed by atoms with Gasteiger partial charge < -0.3 is 43.0 Å². The van der Waals surface area contributed by atoms with Crippen molar-refractivity contribution in [2.75, 3.05) is 27.4 Å². The maximum Gasteiger partial charge on any atom is 0.417 e. The maximum atomic E-state index is 13.7. The molecule has 3 aromatic carbocycles. The summed E-state index contributed by atoms with van der Waals surface area (Å²) in [5.41, 5.74) is 2.47. The molecule has 0 radical (unpaired) electrons. The Bertz CT molecular complexity index is 1860. The number of aliphatic hydroxyl groups is 1. The van der Waals surface area contributed by atoms with Gasteiger partial charge in [0.15, 0.2) is 30.1 Å². The fourth-order valence-corrected chi connectivity index (χ4v) is 6.92. The molecule has 2 aliphatic rings. The van der Waals surface area contributed by atoms with Crippen LogP contribution in [0, 0.1) is 0 Å². The second kappa shape index (κ2) is 22.3. The lowest BCUT2D eigenvalue weighted by molar-refractivity contribution is -0.319. The van der Waals surface area contributed by atoms with Gasteiger partial charge in [-0.3, -0.25) is 19.2 Å². The predicted molar refractivity (Wildman–Crippen MR) is 209 cm³/mol. The number of nitrogens with zero attached hydrogens (tertiary/aromatic N) is 1. The third-order valence-electron chi connectivity index (χ3n) is 9.87. The average molecular weight is 818 g/mol. The largest absolute Gasteiger partial charge is 0.451 e. The topological polar surface area (TPSA) is 183 Å². The summed E-state index contributed by atoms with van der Waals surface area (Å²) in [4.78, 5) is 65.9. The molecule has 316 valence electrons. The quantitative estimate of drug-likeness (QED) is 0.0905. The minimum atomic E-state index is -1.81. The fourth-order valence-electron chi connectivity index (χ4n) is 6.92. The number of esters is 1. The van der Waals surface area contributed by atoms with Crippen LogP contribution in [0.2, 0.25) is 0 Å². The molecule has 0 bridgehead atoms. The van der Waals surface area contributed by atoms with E-state index in [1.165, 1.54) is 7.11 Å². The van der Waals surface area contributed by atoms with Crippen LogP contribution in [0.3, 0.4) is 0 Å².